The molecule has 0 aliphatic rings. The third kappa shape index (κ3) is 2.45. The van der Waals surface area contributed by atoms with Crippen molar-refractivity contribution >= 4 is 0 Å². The van der Waals surface area contributed by atoms with Crippen LogP contribution in [0.15, 0.2) is 12.1 Å². The van der Waals surface area contributed by atoms with Crippen molar-refractivity contribution < 1.29 is 21.1 Å². The second kappa shape index (κ2) is 4.06. The van der Waals surface area contributed by atoms with Crippen molar-refractivity contribution in [2.24, 2.45) is 0 Å². The molecule has 0 amide bonds. The molecule has 0 aromatic heterocycles. The summed E-state index contributed by atoms with van der Waals surface area (Å²) in [6.07, 6.45) is 0. The summed E-state index contributed by atoms with van der Waals surface area (Å²) in [6.45, 7) is 8.62. The maximum absolute atomic E-state index is 2.24. The van der Waals surface area contributed by atoms with Gasteiger partial charge in [0.25, 0.3) is 0 Å². The van der Waals surface area contributed by atoms with E-state index < -0.39 is 0 Å². The number of aryl methyl sites for hydroxylation is 4. The van der Waals surface area contributed by atoms with Crippen molar-refractivity contribution in [3.63, 3.8) is 0 Å². The maximum atomic E-state index is 2.24. The zero-order chi connectivity index (χ0) is 7.72. The van der Waals surface area contributed by atoms with E-state index in [1.165, 1.54) is 22.3 Å². The Morgan fingerprint density at radius 2 is 0.818 bits per heavy atom. The molecule has 60 valence electrons. The summed E-state index contributed by atoms with van der Waals surface area (Å²) in [5.74, 6) is 0. The Bertz CT molecular complexity index is 201. The Balaban J connectivity index is 0.000001000. The molecule has 1 aromatic carbocycles. The van der Waals surface area contributed by atoms with Gasteiger partial charge in [0, 0.05) is 21.1 Å². The molecule has 0 N–H and O–H groups in total. The second-order valence-electron chi connectivity index (χ2n) is 3.02. The summed E-state index contributed by atoms with van der Waals surface area (Å²) in [7, 11) is 0. The minimum absolute atomic E-state index is 0. The first kappa shape index (κ1) is 10.9. The van der Waals surface area contributed by atoms with Crippen LogP contribution in [0.1, 0.15) is 22.3 Å². The molecule has 0 fully saturated rings. The fourth-order valence-electron chi connectivity index (χ4n) is 1.10. The zero-order valence-electron chi connectivity index (χ0n) is 7.56. The summed E-state index contributed by atoms with van der Waals surface area (Å²) in [5.41, 5.74) is 5.57. The average Bonchev–Trinajstić information content (AvgIpc) is 1.84. The molecule has 0 saturated carbocycles. The molecule has 0 bridgehead atoms. The van der Waals surface area contributed by atoms with Crippen LogP contribution in [0.2, 0.25) is 0 Å². The number of rotatable bonds is 0. The van der Waals surface area contributed by atoms with Crippen LogP contribution < -0.4 is 0 Å². The summed E-state index contributed by atoms with van der Waals surface area (Å²) >= 11 is 0. The average molecular weight is 318 g/mol. The second-order valence-corrected chi connectivity index (χ2v) is 3.02. The van der Waals surface area contributed by atoms with Crippen LogP contribution >= 0.6 is 0 Å². The molecule has 0 saturated heterocycles. The van der Waals surface area contributed by atoms with E-state index in [9.17, 15) is 0 Å². The van der Waals surface area contributed by atoms with Gasteiger partial charge in [0.05, 0.1) is 0 Å². The largest absolute Gasteiger partial charge is 0.0559 e. The number of benzene rings is 1. The van der Waals surface area contributed by atoms with Crippen LogP contribution in [0.25, 0.3) is 0 Å². The van der Waals surface area contributed by atoms with Gasteiger partial charge >= 0.3 is 0 Å². The molecule has 11 heavy (non-hydrogen) atoms. The van der Waals surface area contributed by atoms with Crippen molar-refractivity contribution in [2.45, 2.75) is 27.7 Å². The summed E-state index contributed by atoms with van der Waals surface area (Å²) in [4.78, 5) is 0. The van der Waals surface area contributed by atoms with Gasteiger partial charge in [-0.3, -0.25) is 0 Å². The molecule has 0 unspecified atom stereocenters. The Morgan fingerprint density at radius 3 is 1.00 bits per heavy atom. The van der Waals surface area contributed by atoms with Crippen molar-refractivity contribution in [2.75, 3.05) is 0 Å². The van der Waals surface area contributed by atoms with Gasteiger partial charge in [0.1, 0.15) is 0 Å². The van der Waals surface area contributed by atoms with E-state index in [4.69, 9.17) is 0 Å². The molecule has 0 aliphatic carbocycles. The first-order valence-corrected chi connectivity index (χ1v) is 3.65. The molecular formula is C10H14W. The first-order chi connectivity index (χ1) is 4.61. The van der Waals surface area contributed by atoms with Crippen LogP contribution in [0.4, 0.5) is 0 Å². The van der Waals surface area contributed by atoms with Gasteiger partial charge < -0.3 is 0 Å². The van der Waals surface area contributed by atoms with Gasteiger partial charge in [0.2, 0.25) is 0 Å². The summed E-state index contributed by atoms with van der Waals surface area (Å²) in [6, 6.07) is 4.48. The fourth-order valence-corrected chi connectivity index (χ4v) is 1.10. The predicted octanol–water partition coefficient (Wildman–Crippen LogP) is 2.92. The van der Waals surface area contributed by atoms with Gasteiger partial charge in [-0.25, -0.2) is 0 Å². The molecule has 0 aliphatic heterocycles. The first-order valence-electron chi connectivity index (χ1n) is 3.65. The Hall–Kier alpha value is -0.0917. The van der Waals surface area contributed by atoms with E-state index in [0.717, 1.165) is 0 Å². The topological polar surface area (TPSA) is 0 Å². The van der Waals surface area contributed by atoms with Crippen molar-refractivity contribution in [3.8, 4) is 0 Å². The van der Waals surface area contributed by atoms with Crippen LogP contribution in [0.3, 0.4) is 0 Å². The fraction of sp³-hybridized carbons (Fsp3) is 0.400. The normalized spacial score (nSPS) is 9.09. The van der Waals surface area contributed by atoms with E-state index >= 15 is 0 Å². The van der Waals surface area contributed by atoms with Gasteiger partial charge in [-0.15, -0.1) is 0 Å². The quantitative estimate of drug-likeness (QED) is 0.690. The Kier molecular flexibility index (Phi) is 4.03. The van der Waals surface area contributed by atoms with Gasteiger partial charge in [-0.2, -0.15) is 0 Å². The van der Waals surface area contributed by atoms with E-state index in [1.807, 2.05) is 0 Å². The smallest absolute Gasteiger partial charge is 0 e. The van der Waals surface area contributed by atoms with E-state index in [1.54, 1.807) is 0 Å². The molecule has 1 rings (SSSR count). The van der Waals surface area contributed by atoms with Crippen LogP contribution in [0.5, 0.6) is 0 Å². The monoisotopic (exact) mass is 318 g/mol. The van der Waals surface area contributed by atoms with E-state index in [-0.39, 0.29) is 21.1 Å². The van der Waals surface area contributed by atoms with Crippen LogP contribution in [-0.2, 0) is 21.1 Å². The molecular weight excluding hydrogens is 304 g/mol. The Labute approximate surface area is 83.3 Å². The molecule has 0 spiro atoms. The third-order valence-corrected chi connectivity index (χ3v) is 2.11. The third-order valence-electron chi connectivity index (χ3n) is 2.11. The SMILES string of the molecule is Cc1cc(C)c(C)cc1C.[W]. The van der Waals surface area contributed by atoms with Gasteiger partial charge in [-0.05, 0) is 49.9 Å². The predicted molar refractivity (Wildman–Crippen MR) is 45.4 cm³/mol. The molecule has 1 heteroatoms. The molecule has 1 aromatic rings. The van der Waals surface area contributed by atoms with Gasteiger partial charge in [-0.1, -0.05) is 12.1 Å². The van der Waals surface area contributed by atoms with Crippen molar-refractivity contribution in [3.05, 3.63) is 34.4 Å². The minimum Gasteiger partial charge on any atom is -0.0559 e. The zero-order valence-corrected chi connectivity index (χ0v) is 10.5. The van der Waals surface area contributed by atoms with E-state index in [0.29, 0.717) is 0 Å². The number of hydrogen-bond acceptors (Lipinski definition) is 0. The maximum Gasteiger partial charge on any atom is 0 e. The molecule has 0 nitrogen and oxygen atoms in total. The number of hydrogen-bond donors (Lipinski definition) is 0. The molecule has 0 atom stereocenters. The molecule has 0 radical (unpaired) electrons. The van der Waals surface area contributed by atoms with Gasteiger partial charge in [0.15, 0.2) is 0 Å². The van der Waals surface area contributed by atoms with E-state index in [2.05, 4.69) is 39.8 Å². The van der Waals surface area contributed by atoms with Crippen molar-refractivity contribution in [1.29, 1.82) is 0 Å². The van der Waals surface area contributed by atoms with Crippen molar-refractivity contribution in [1.82, 2.24) is 0 Å². The molecule has 0 heterocycles. The summed E-state index contributed by atoms with van der Waals surface area (Å²) in [5, 5.41) is 0. The Morgan fingerprint density at radius 1 is 0.636 bits per heavy atom. The standard InChI is InChI=1S/C10H14.W/c1-7-5-9(3)10(4)6-8(7)2;/h5-6H,1-4H3;. The van der Waals surface area contributed by atoms with Crippen LogP contribution in [-0.4, -0.2) is 0 Å². The summed E-state index contributed by atoms with van der Waals surface area (Å²) < 4.78 is 0. The minimum atomic E-state index is 0. The van der Waals surface area contributed by atoms with Crippen LogP contribution in [0, 0.1) is 27.7 Å².